The fourth-order valence-corrected chi connectivity index (χ4v) is 1.47. The van der Waals surface area contributed by atoms with Gasteiger partial charge >= 0.3 is 0 Å². The smallest absolute Gasteiger partial charge is 0.193 e. The zero-order valence-electron chi connectivity index (χ0n) is 8.63. The maximum absolute atomic E-state index is 6.02. The van der Waals surface area contributed by atoms with E-state index in [1.54, 1.807) is 0 Å². The first-order valence-corrected chi connectivity index (χ1v) is 5.39. The molecule has 15 heavy (non-hydrogen) atoms. The molecule has 2 rings (SSSR count). The molecule has 4 heteroatoms. The fourth-order valence-electron chi connectivity index (χ4n) is 1.31. The molecule has 0 atom stereocenters. The molecule has 0 aliphatic heterocycles. The lowest BCUT2D eigenvalue weighted by Crippen LogP contribution is -2.23. The Kier molecular flexibility index (Phi) is 2.82. The van der Waals surface area contributed by atoms with Crippen molar-refractivity contribution in [2.24, 2.45) is 10.7 Å². The molecule has 3 nitrogen and oxygen atoms in total. The van der Waals surface area contributed by atoms with E-state index in [9.17, 15) is 0 Å². The predicted molar refractivity (Wildman–Crippen MR) is 64.5 cm³/mol. The van der Waals surface area contributed by atoms with Crippen molar-refractivity contribution in [1.29, 1.82) is 0 Å². The Morgan fingerprint density at radius 1 is 1.53 bits per heavy atom. The van der Waals surface area contributed by atoms with Gasteiger partial charge in [0.25, 0.3) is 0 Å². The van der Waals surface area contributed by atoms with Crippen LogP contribution in [-0.2, 0) is 0 Å². The minimum atomic E-state index is 0.418. The van der Waals surface area contributed by atoms with E-state index < -0.39 is 0 Å². The van der Waals surface area contributed by atoms with Gasteiger partial charge in [0.05, 0.1) is 16.8 Å². The molecular weight excluding hydrogens is 210 g/mol. The van der Waals surface area contributed by atoms with Gasteiger partial charge < -0.3 is 11.1 Å². The van der Waals surface area contributed by atoms with Gasteiger partial charge in [-0.3, -0.25) is 0 Å². The molecule has 0 bridgehead atoms. The highest BCUT2D eigenvalue weighted by atomic mass is 35.5. The Labute approximate surface area is 94.3 Å². The molecule has 1 aliphatic rings. The topological polar surface area (TPSA) is 50.4 Å². The summed E-state index contributed by atoms with van der Waals surface area (Å²) < 4.78 is 0. The van der Waals surface area contributed by atoms with Crippen LogP contribution in [-0.4, -0.2) is 12.0 Å². The molecule has 0 unspecified atom stereocenters. The zero-order chi connectivity index (χ0) is 10.8. The number of nitrogens with one attached hydrogen (secondary N) is 1. The Morgan fingerprint density at radius 2 is 2.27 bits per heavy atom. The van der Waals surface area contributed by atoms with Crippen LogP contribution in [0.1, 0.15) is 18.4 Å². The average molecular weight is 224 g/mol. The first kappa shape index (κ1) is 10.3. The third-order valence-corrected chi connectivity index (χ3v) is 2.58. The molecule has 0 aromatic heterocycles. The van der Waals surface area contributed by atoms with Crippen molar-refractivity contribution in [2.75, 3.05) is 5.32 Å². The van der Waals surface area contributed by atoms with Gasteiger partial charge in [-0.05, 0) is 37.5 Å². The maximum Gasteiger partial charge on any atom is 0.193 e. The fraction of sp³-hybridized carbons (Fsp3) is 0.364. The van der Waals surface area contributed by atoms with Crippen molar-refractivity contribution in [3.8, 4) is 0 Å². The van der Waals surface area contributed by atoms with Crippen LogP contribution in [0, 0.1) is 6.92 Å². The number of guanidine groups is 1. The number of aliphatic imine (C=N–C) groups is 1. The Morgan fingerprint density at radius 3 is 2.93 bits per heavy atom. The molecule has 1 saturated carbocycles. The van der Waals surface area contributed by atoms with Crippen LogP contribution in [0.15, 0.2) is 23.2 Å². The summed E-state index contributed by atoms with van der Waals surface area (Å²) in [6.45, 7) is 2.01. The minimum Gasteiger partial charge on any atom is -0.370 e. The van der Waals surface area contributed by atoms with Crippen molar-refractivity contribution in [3.05, 3.63) is 28.8 Å². The third-order valence-electron chi connectivity index (χ3n) is 2.25. The highest BCUT2D eigenvalue weighted by Gasteiger charge is 2.20. The highest BCUT2D eigenvalue weighted by molar-refractivity contribution is 6.33. The Hall–Kier alpha value is -1.22. The molecule has 1 fully saturated rings. The van der Waals surface area contributed by atoms with Crippen molar-refractivity contribution in [1.82, 2.24) is 0 Å². The number of nitrogens with zero attached hydrogens (tertiary/aromatic N) is 1. The van der Waals surface area contributed by atoms with E-state index in [-0.39, 0.29) is 0 Å². The second-order valence-electron chi connectivity index (χ2n) is 3.85. The summed E-state index contributed by atoms with van der Waals surface area (Å²) in [7, 11) is 0. The van der Waals surface area contributed by atoms with E-state index in [1.165, 1.54) is 0 Å². The first-order valence-electron chi connectivity index (χ1n) is 5.01. The Bertz CT molecular complexity index is 397. The van der Waals surface area contributed by atoms with E-state index in [0.29, 0.717) is 17.0 Å². The molecule has 0 spiro atoms. The van der Waals surface area contributed by atoms with Crippen molar-refractivity contribution >= 4 is 23.2 Å². The molecule has 0 amide bonds. The van der Waals surface area contributed by atoms with Gasteiger partial charge in [0.2, 0.25) is 0 Å². The first-order chi connectivity index (χ1) is 7.15. The van der Waals surface area contributed by atoms with Crippen LogP contribution in [0.5, 0.6) is 0 Å². The van der Waals surface area contributed by atoms with E-state index in [4.69, 9.17) is 17.3 Å². The van der Waals surface area contributed by atoms with E-state index >= 15 is 0 Å². The van der Waals surface area contributed by atoms with Crippen molar-refractivity contribution < 1.29 is 0 Å². The van der Waals surface area contributed by atoms with Crippen LogP contribution in [0.25, 0.3) is 0 Å². The van der Waals surface area contributed by atoms with Crippen LogP contribution in [0.4, 0.5) is 5.69 Å². The molecule has 0 heterocycles. The summed E-state index contributed by atoms with van der Waals surface area (Å²) in [6, 6.07) is 6.18. The lowest BCUT2D eigenvalue weighted by molar-refractivity contribution is 1.06. The highest BCUT2D eigenvalue weighted by Crippen LogP contribution is 2.25. The summed E-state index contributed by atoms with van der Waals surface area (Å²) in [5.74, 6) is 0.449. The van der Waals surface area contributed by atoms with E-state index in [0.717, 1.165) is 24.1 Å². The van der Waals surface area contributed by atoms with Gasteiger partial charge in [0.1, 0.15) is 0 Å². The SMILES string of the molecule is Cc1ccc(Cl)c(NC(N)=NC2CC2)c1. The average Bonchev–Trinajstić information content (AvgIpc) is 2.95. The molecule has 1 aromatic rings. The van der Waals surface area contributed by atoms with Gasteiger partial charge in [-0.25, -0.2) is 4.99 Å². The molecule has 1 aliphatic carbocycles. The van der Waals surface area contributed by atoms with Gasteiger partial charge in [-0.2, -0.15) is 0 Å². The lowest BCUT2D eigenvalue weighted by atomic mass is 10.2. The number of nitrogens with two attached hydrogens (primary N) is 1. The van der Waals surface area contributed by atoms with Crippen LogP contribution >= 0.6 is 11.6 Å². The van der Waals surface area contributed by atoms with Gasteiger partial charge in [0.15, 0.2) is 5.96 Å². The summed E-state index contributed by atoms with van der Waals surface area (Å²) >= 11 is 6.02. The number of benzene rings is 1. The normalized spacial score (nSPS) is 16.5. The van der Waals surface area contributed by atoms with Crippen molar-refractivity contribution in [2.45, 2.75) is 25.8 Å². The van der Waals surface area contributed by atoms with Gasteiger partial charge in [-0.1, -0.05) is 17.7 Å². The lowest BCUT2D eigenvalue weighted by Gasteiger charge is -2.08. The number of hydrogen-bond acceptors (Lipinski definition) is 1. The number of rotatable bonds is 2. The number of anilines is 1. The van der Waals surface area contributed by atoms with Gasteiger partial charge in [-0.15, -0.1) is 0 Å². The molecule has 3 N–H and O–H groups in total. The van der Waals surface area contributed by atoms with Gasteiger partial charge in [0, 0.05) is 0 Å². The van der Waals surface area contributed by atoms with Crippen molar-refractivity contribution in [3.63, 3.8) is 0 Å². The van der Waals surface area contributed by atoms with Crippen LogP contribution < -0.4 is 11.1 Å². The van der Waals surface area contributed by atoms with Crippen LogP contribution in [0.2, 0.25) is 5.02 Å². The maximum atomic E-state index is 6.02. The Balaban J connectivity index is 2.11. The second kappa shape index (κ2) is 4.11. The third kappa shape index (κ3) is 2.86. The predicted octanol–water partition coefficient (Wildman–Crippen LogP) is 2.54. The van der Waals surface area contributed by atoms with E-state index in [2.05, 4.69) is 10.3 Å². The number of halogens is 1. The number of hydrogen-bond donors (Lipinski definition) is 2. The molecule has 0 saturated heterocycles. The van der Waals surface area contributed by atoms with E-state index in [1.807, 2.05) is 25.1 Å². The zero-order valence-corrected chi connectivity index (χ0v) is 9.38. The molecule has 80 valence electrons. The number of aryl methyl sites for hydroxylation is 1. The minimum absolute atomic E-state index is 0.418. The van der Waals surface area contributed by atoms with Crippen LogP contribution in [0.3, 0.4) is 0 Å². The monoisotopic (exact) mass is 223 g/mol. The largest absolute Gasteiger partial charge is 0.370 e. The quantitative estimate of drug-likeness (QED) is 0.598. The second-order valence-corrected chi connectivity index (χ2v) is 4.26. The standard InChI is InChI=1S/C11H14ClN3/c1-7-2-5-9(12)10(6-7)15-11(13)14-8-3-4-8/h2,5-6,8H,3-4H2,1H3,(H3,13,14,15). The summed E-state index contributed by atoms with van der Waals surface area (Å²) in [5, 5.41) is 3.68. The molecule has 1 aromatic carbocycles. The molecule has 0 radical (unpaired) electrons. The summed E-state index contributed by atoms with van der Waals surface area (Å²) in [6.07, 6.45) is 2.29. The summed E-state index contributed by atoms with van der Waals surface area (Å²) in [5.41, 5.74) is 7.70. The summed E-state index contributed by atoms with van der Waals surface area (Å²) in [4.78, 5) is 4.28. The molecular formula is C11H14ClN3.